The molecule has 0 bridgehead atoms. The molecule has 1 aromatic carbocycles. The van der Waals surface area contributed by atoms with Crippen LogP contribution >= 0.6 is 0 Å². The van der Waals surface area contributed by atoms with Crippen LogP contribution in [-0.4, -0.2) is 22.5 Å². The monoisotopic (exact) mass is 268 g/mol. The number of pyridine rings is 1. The molecule has 0 radical (unpaired) electrons. The second-order valence-corrected chi connectivity index (χ2v) is 5.01. The average molecular weight is 268 g/mol. The molecular formula is C16H16N2O2. The van der Waals surface area contributed by atoms with Gasteiger partial charge in [-0.25, -0.2) is 0 Å². The van der Waals surface area contributed by atoms with E-state index in [0.29, 0.717) is 18.5 Å². The van der Waals surface area contributed by atoms with E-state index in [1.54, 1.807) is 17.2 Å². The number of carbonyl (C=O) groups excluding carboxylic acids is 1. The van der Waals surface area contributed by atoms with E-state index in [-0.39, 0.29) is 5.91 Å². The lowest BCUT2D eigenvalue weighted by atomic mass is 9.98. The molecule has 2 aromatic rings. The van der Waals surface area contributed by atoms with Gasteiger partial charge >= 0.3 is 0 Å². The Labute approximate surface area is 117 Å². The topological polar surface area (TPSA) is 53.4 Å². The summed E-state index contributed by atoms with van der Waals surface area (Å²) in [4.78, 5) is 18.5. The Hall–Kier alpha value is -2.20. The van der Waals surface area contributed by atoms with Gasteiger partial charge < -0.3 is 10.0 Å². The SMILES string of the molecule is Cc1ccc(C(=O)N2CCC(O)c3ccccc32)cn1. The van der Waals surface area contributed by atoms with Gasteiger partial charge in [-0.2, -0.15) is 0 Å². The minimum absolute atomic E-state index is 0.0724. The third-order valence-electron chi connectivity index (χ3n) is 3.62. The molecule has 20 heavy (non-hydrogen) atoms. The van der Waals surface area contributed by atoms with Gasteiger partial charge in [-0.3, -0.25) is 9.78 Å². The minimum atomic E-state index is -0.494. The van der Waals surface area contributed by atoms with Crippen LogP contribution in [0.2, 0.25) is 0 Å². The first kappa shape index (κ1) is 12.8. The van der Waals surface area contributed by atoms with E-state index in [0.717, 1.165) is 16.9 Å². The van der Waals surface area contributed by atoms with Crippen LogP contribution in [0.5, 0.6) is 0 Å². The van der Waals surface area contributed by atoms with E-state index in [9.17, 15) is 9.90 Å². The molecule has 1 amide bonds. The predicted octanol–water partition coefficient (Wildman–Crippen LogP) is 2.47. The Morgan fingerprint density at radius 2 is 2.10 bits per heavy atom. The second-order valence-electron chi connectivity index (χ2n) is 5.01. The van der Waals surface area contributed by atoms with Crippen molar-refractivity contribution < 1.29 is 9.90 Å². The zero-order valence-corrected chi connectivity index (χ0v) is 11.3. The van der Waals surface area contributed by atoms with E-state index >= 15 is 0 Å². The van der Waals surface area contributed by atoms with Crippen LogP contribution in [0.15, 0.2) is 42.6 Å². The van der Waals surface area contributed by atoms with Gasteiger partial charge in [-0.05, 0) is 31.5 Å². The van der Waals surface area contributed by atoms with Crippen molar-refractivity contribution in [3.05, 3.63) is 59.4 Å². The normalized spacial score (nSPS) is 17.7. The Morgan fingerprint density at radius 1 is 1.30 bits per heavy atom. The minimum Gasteiger partial charge on any atom is -0.388 e. The quantitative estimate of drug-likeness (QED) is 0.864. The number of aromatic nitrogens is 1. The summed E-state index contributed by atoms with van der Waals surface area (Å²) >= 11 is 0. The van der Waals surface area contributed by atoms with E-state index < -0.39 is 6.10 Å². The first-order chi connectivity index (χ1) is 9.66. The Morgan fingerprint density at radius 3 is 2.85 bits per heavy atom. The number of para-hydroxylation sites is 1. The van der Waals surface area contributed by atoms with Gasteiger partial charge in [0.15, 0.2) is 0 Å². The van der Waals surface area contributed by atoms with Crippen LogP contribution in [0.4, 0.5) is 5.69 Å². The highest BCUT2D eigenvalue weighted by Gasteiger charge is 2.27. The third kappa shape index (κ3) is 2.18. The van der Waals surface area contributed by atoms with Crippen molar-refractivity contribution in [2.45, 2.75) is 19.4 Å². The Kier molecular flexibility index (Phi) is 3.24. The fraction of sp³-hybridized carbons (Fsp3) is 0.250. The number of benzene rings is 1. The highest BCUT2D eigenvalue weighted by Crippen LogP contribution is 2.34. The summed E-state index contributed by atoms with van der Waals surface area (Å²) in [7, 11) is 0. The van der Waals surface area contributed by atoms with E-state index in [2.05, 4.69) is 4.98 Å². The van der Waals surface area contributed by atoms with Crippen LogP contribution in [0.25, 0.3) is 0 Å². The number of anilines is 1. The van der Waals surface area contributed by atoms with Crippen molar-refractivity contribution in [1.29, 1.82) is 0 Å². The number of aliphatic hydroxyl groups is 1. The van der Waals surface area contributed by atoms with Crippen LogP contribution in [-0.2, 0) is 0 Å². The second kappa shape index (κ2) is 5.06. The summed E-state index contributed by atoms with van der Waals surface area (Å²) in [6.07, 6.45) is 1.67. The van der Waals surface area contributed by atoms with Gasteiger partial charge in [0.2, 0.25) is 0 Å². The number of fused-ring (bicyclic) bond motifs is 1. The Bertz CT molecular complexity index is 637. The third-order valence-corrected chi connectivity index (χ3v) is 3.62. The average Bonchev–Trinajstić information content (AvgIpc) is 2.48. The summed E-state index contributed by atoms with van der Waals surface area (Å²) in [6, 6.07) is 11.1. The summed E-state index contributed by atoms with van der Waals surface area (Å²) in [5.74, 6) is -0.0724. The van der Waals surface area contributed by atoms with E-state index in [4.69, 9.17) is 0 Å². The maximum atomic E-state index is 12.6. The maximum absolute atomic E-state index is 12.6. The van der Waals surface area contributed by atoms with Crippen LogP contribution in [0, 0.1) is 6.92 Å². The number of hydrogen-bond donors (Lipinski definition) is 1. The van der Waals surface area contributed by atoms with Gasteiger partial charge in [0.25, 0.3) is 5.91 Å². The van der Waals surface area contributed by atoms with Gasteiger partial charge in [0.1, 0.15) is 0 Å². The molecule has 4 heteroatoms. The Balaban J connectivity index is 1.97. The van der Waals surface area contributed by atoms with Crippen LogP contribution in [0.3, 0.4) is 0 Å². The zero-order chi connectivity index (χ0) is 14.1. The summed E-state index contributed by atoms with van der Waals surface area (Å²) in [5, 5.41) is 10.0. The molecule has 1 aromatic heterocycles. The lowest BCUT2D eigenvalue weighted by Gasteiger charge is -2.32. The zero-order valence-electron chi connectivity index (χ0n) is 11.3. The molecule has 1 N–H and O–H groups in total. The number of aliphatic hydroxyl groups excluding tert-OH is 1. The standard InChI is InChI=1S/C16H16N2O2/c1-11-6-7-12(10-17-11)16(20)18-9-8-15(19)13-4-2-3-5-14(13)18/h2-7,10,15,19H,8-9H2,1H3. The van der Waals surface area contributed by atoms with Crippen molar-refractivity contribution >= 4 is 11.6 Å². The summed E-state index contributed by atoms with van der Waals surface area (Å²) < 4.78 is 0. The molecule has 4 nitrogen and oxygen atoms in total. The number of aryl methyl sites for hydroxylation is 1. The molecule has 1 aliphatic rings. The highest BCUT2D eigenvalue weighted by molar-refractivity contribution is 6.06. The lowest BCUT2D eigenvalue weighted by molar-refractivity contribution is 0.0970. The molecule has 0 spiro atoms. The largest absolute Gasteiger partial charge is 0.388 e. The van der Waals surface area contributed by atoms with Crippen molar-refractivity contribution in [2.24, 2.45) is 0 Å². The molecule has 2 heterocycles. The molecule has 1 aliphatic heterocycles. The highest BCUT2D eigenvalue weighted by atomic mass is 16.3. The van der Waals surface area contributed by atoms with E-state index in [1.165, 1.54) is 0 Å². The van der Waals surface area contributed by atoms with Gasteiger partial charge in [-0.1, -0.05) is 18.2 Å². The smallest absolute Gasteiger partial charge is 0.259 e. The lowest BCUT2D eigenvalue weighted by Crippen LogP contribution is -2.36. The first-order valence-electron chi connectivity index (χ1n) is 6.68. The molecule has 0 aliphatic carbocycles. The predicted molar refractivity (Wildman–Crippen MR) is 76.7 cm³/mol. The molecule has 1 atom stereocenters. The molecule has 0 saturated heterocycles. The van der Waals surface area contributed by atoms with Gasteiger partial charge in [0.05, 0.1) is 11.7 Å². The molecule has 1 unspecified atom stereocenters. The molecule has 102 valence electrons. The molecule has 3 rings (SSSR count). The first-order valence-corrected chi connectivity index (χ1v) is 6.68. The molecule has 0 fully saturated rings. The number of amides is 1. The summed E-state index contributed by atoms with van der Waals surface area (Å²) in [5.41, 5.74) is 3.06. The van der Waals surface area contributed by atoms with Crippen molar-refractivity contribution in [3.63, 3.8) is 0 Å². The molecular weight excluding hydrogens is 252 g/mol. The van der Waals surface area contributed by atoms with Crippen LogP contribution < -0.4 is 4.90 Å². The number of nitrogens with zero attached hydrogens (tertiary/aromatic N) is 2. The van der Waals surface area contributed by atoms with Crippen molar-refractivity contribution in [3.8, 4) is 0 Å². The fourth-order valence-electron chi connectivity index (χ4n) is 2.50. The number of carbonyl (C=O) groups is 1. The van der Waals surface area contributed by atoms with Gasteiger partial charge in [-0.15, -0.1) is 0 Å². The van der Waals surface area contributed by atoms with E-state index in [1.807, 2.05) is 37.3 Å². The molecule has 0 saturated carbocycles. The number of hydrogen-bond acceptors (Lipinski definition) is 3. The maximum Gasteiger partial charge on any atom is 0.259 e. The summed E-state index contributed by atoms with van der Waals surface area (Å²) in [6.45, 7) is 2.41. The van der Waals surface area contributed by atoms with Crippen molar-refractivity contribution in [1.82, 2.24) is 4.98 Å². The number of rotatable bonds is 1. The van der Waals surface area contributed by atoms with Crippen molar-refractivity contribution in [2.75, 3.05) is 11.4 Å². The van der Waals surface area contributed by atoms with Crippen LogP contribution in [0.1, 0.15) is 34.1 Å². The van der Waals surface area contributed by atoms with Gasteiger partial charge in [0, 0.05) is 29.7 Å². The fourth-order valence-corrected chi connectivity index (χ4v) is 2.50.